The maximum Gasteiger partial charge on any atom is 0.0585 e. The van der Waals surface area contributed by atoms with E-state index in [0.717, 1.165) is 6.42 Å². The second kappa shape index (κ2) is 5.72. The van der Waals surface area contributed by atoms with Crippen molar-refractivity contribution in [3.8, 4) is 0 Å². The van der Waals surface area contributed by atoms with Crippen molar-refractivity contribution in [3.63, 3.8) is 0 Å². The number of halogens is 1. The number of alkyl halides is 1. The molecule has 1 atom stereocenters. The molecule has 0 heterocycles. The zero-order chi connectivity index (χ0) is 12.2. The van der Waals surface area contributed by atoms with Gasteiger partial charge in [-0.05, 0) is 23.0 Å². The lowest BCUT2D eigenvalue weighted by Gasteiger charge is -2.19. The van der Waals surface area contributed by atoms with E-state index < -0.39 is 0 Å². The fourth-order valence-electron chi connectivity index (χ4n) is 1.74. The summed E-state index contributed by atoms with van der Waals surface area (Å²) < 4.78 is 0. The topological polar surface area (TPSA) is 0 Å². The summed E-state index contributed by atoms with van der Waals surface area (Å²) in [6.07, 6.45) is 3.49. The molecule has 16 heavy (non-hydrogen) atoms. The molecule has 0 aliphatic rings. The van der Waals surface area contributed by atoms with Gasteiger partial charge in [0.2, 0.25) is 0 Å². The SMILES string of the molecule is CCCCC(Cl)c1ccc(C(C)(C)C)cc1. The fourth-order valence-corrected chi connectivity index (χ4v) is 2.04. The van der Waals surface area contributed by atoms with Crippen molar-refractivity contribution in [1.82, 2.24) is 0 Å². The Balaban J connectivity index is 2.71. The molecule has 0 nitrogen and oxygen atoms in total. The Hall–Kier alpha value is -0.490. The van der Waals surface area contributed by atoms with E-state index in [0.29, 0.717) is 0 Å². The minimum Gasteiger partial charge on any atom is -0.118 e. The van der Waals surface area contributed by atoms with Crippen LogP contribution < -0.4 is 0 Å². The van der Waals surface area contributed by atoms with Crippen LogP contribution in [0.1, 0.15) is 63.5 Å². The van der Waals surface area contributed by atoms with Crippen LogP contribution in [0.15, 0.2) is 24.3 Å². The Kier molecular flexibility index (Phi) is 4.86. The highest BCUT2D eigenvalue weighted by Crippen LogP contribution is 2.29. The molecule has 90 valence electrons. The van der Waals surface area contributed by atoms with Crippen LogP contribution in [0.25, 0.3) is 0 Å². The lowest BCUT2D eigenvalue weighted by Crippen LogP contribution is -2.10. The van der Waals surface area contributed by atoms with Crippen molar-refractivity contribution < 1.29 is 0 Å². The molecule has 0 aromatic heterocycles. The zero-order valence-corrected chi connectivity index (χ0v) is 11.6. The molecule has 0 saturated heterocycles. The number of hydrogen-bond donors (Lipinski definition) is 0. The monoisotopic (exact) mass is 238 g/mol. The van der Waals surface area contributed by atoms with Gasteiger partial charge in [-0.3, -0.25) is 0 Å². The minimum absolute atomic E-state index is 0.175. The third-order valence-electron chi connectivity index (χ3n) is 2.95. The molecule has 0 amide bonds. The molecule has 0 saturated carbocycles. The Bertz CT molecular complexity index is 305. The summed E-state index contributed by atoms with van der Waals surface area (Å²) in [5.74, 6) is 0. The molecule has 1 aromatic rings. The average molecular weight is 239 g/mol. The van der Waals surface area contributed by atoms with Gasteiger partial charge >= 0.3 is 0 Å². The predicted octanol–water partition coefficient (Wildman–Crippen LogP) is 5.45. The van der Waals surface area contributed by atoms with Crippen molar-refractivity contribution in [1.29, 1.82) is 0 Å². The normalized spacial score (nSPS) is 13.8. The predicted molar refractivity (Wildman–Crippen MR) is 73.3 cm³/mol. The average Bonchev–Trinajstić information content (AvgIpc) is 2.25. The summed E-state index contributed by atoms with van der Waals surface area (Å²) in [7, 11) is 0. The molecule has 0 aliphatic carbocycles. The molecule has 1 aromatic carbocycles. The first-order valence-corrected chi connectivity index (χ1v) is 6.63. The first-order chi connectivity index (χ1) is 7.45. The first kappa shape index (κ1) is 13.6. The lowest BCUT2D eigenvalue weighted by molar-refractivity contribution is 0.589. The summed E-state index contributed by atoms with van der Waals surface area (Å²) in [5, 5.41) is 0.175. The van der Waals surface area contributed by atoms with Gasteiger partial charge in [-0.15, -0.1) is 11.6 Å². The molecule has 0 fully saturated rings. The van der Waals surface area contributed by atoms with Crippen LogP contribution in [-0.2, 0) is 5.41 Å². The van der Waals surface area contributed by atoms with Crippen molar-refractivity contribution in [3.05, 3.63) is 35.4 Å². The Labute approximate surface area is 105 Å². The zero-order valence-electron chi connectivity index (χ0n) is 10.9. The van der Waals surface area contributed by atoms with Crippen LogP contribution in [0.5, 0.6) is 0 Å². The van der Waals surface area contributed by atoms with Gasteiger partial charge in [-0.2, -0.15) is 0 Å². The van der Waals surface area contributed by atoms with Crippen LogP contribution in [0.3, 0.4) is 0 Å². The molecule has 0 radical (unpaired) electrons. The van der Waals surface area contributed by atoms with Crippen LogP contribution >= 0.6 is 11.6 Å². The maximum absolute atomic E-state index is 6.35. The lowest BCUT2D eigenvalue weighted by atomic mass is 9.86. The van der Waals surface area contributed by atoms with Gasteiger partial charge < -0.3 is 0 Å². The van der Waals surface area contributed by atoms with E-state index in [9.17, 15) is 0 Å². The first-order valence-electron chi connectivity index (χ1n) is 6.19. The van der Waals surface area contributed by atoms with E-state index in [4.69, 9.17) is 11.6 Å². The number of rotatable bonds is 4. The van der Waals surface area contributed by atoms with E-state index >= 15 is 0 Å². The molecule has 1 rings (SSSR count). The molecule has 0 bridgehead atoms. The summed E-state index contributed by atoms with van der Waals surface area (Å²) in [6.45, 7) is 8.90. The molecular weight excluding hydrogens is 216 g/mol. The van der Waals surface area contributed by atoms with Crippen LogP contribution in [-0.4, -0.2) is 0 Å². The van der Waals surface area contributed by atoms with Gasteiger partial charge in [0.15, 0.2) is 0 Å². The summed E-state index contributed by atoms with van der Waals surface area (Å²) in [6, 6.07) is 8.76. The van der Waals surface area contributed by atoms with Crippen molar-refractivity contribution in [2.45, 2.75) is 57.7 Å². The second-order valence-electron chi connectivity index (χ2n) is 5.48. The number of benzene rings is 1. The largest absolute Gasteiger partial charge is 0.118 e. The summed E-state index contributed by atoms with van der Waals surface area (Å²) >= 11 is 6.35. The molecule has 0 spiro atoms. The molecule has 0 aliphatic heterocycles. The van der Waals surface area contributed by atoms with E-state index in [1.54, 1.807) is 0 Å². The second-order valence-corrected chi connectivity index (χ2v) is 6.01. The van der Waals surface area contributed by atoms with Gasteiger partial charge in [-0.25, -0.2) is 0 Å². The third-order valence-corrected chi connectivity index (χ3v) is 3.42. The fraction of sp³-hybridized carbons (Fsp3) is 0.600. The quantitative estimate of drug-likeness (QED) is 0.612. The van der Waals surface area contributed by atoms with Crippen LogP contribution in [0.2, 0.25) is 0 Å². The highest BCUT2D eigenvalue weighted by atomic mass is 35.5. The third kappa shape index (κ3) is 3.83. The van der Waals surface area contributed by atoms with E-state index in [1.165, 1.54) is 24.0 Å². The highest BCUT2D eigenvalue weighted by Gasteiger charge is 2.14. The number of unbranched alkanes of at least 4 members (excludes halogenated alkanes) is 1. The summed E-state index contributed by atoms with van der Waals surface area (Å²) in [5.41, 5.74) is 2.85. The van der Waals surface area contributed by atoms with Gasteiger partial charge in [-0.1, -0.05) is 64.8 Å². The van der Waals surface area contributed by atoms with Gasteiger partial charge in [0.1, 0.15) is 0 Å². The number of hydrogen-bond acceptors (Lipinski definition) is 0. The van der Waals surface area contributed by atoms with E-state index in [-0.39, 0.29) is 10.8 Å². The Morgan fingerprint density at radius 2 is 1.69 bits per heavy atom. The van der Waals surface area contributed by atoms with Gasteiger partial charge in [0.05, 0.1) is 5.38 Å². The molecule has 1 heteroatoms. The standard InChI is InChI=1S/C15H23Cl/c1-5-6-7-14(16)12-8-10-13(11-9-12)15(2,3)4/h8-11,14H,5-7H2,1-4H3. The Morgan fingerprint density at radius 1 is 1.12 bits per heavy atom. The molecular formula is C15H23Cl. The molecule has 1 unspecified atom stereocenters. The van der Waals surface area contributed by atoms with Crippen LogP contribution in [0.4, 0.5) is 0 Å². The summed E-state index contributed by atoms with van der Waals surface area (Å²) in [4.78, 5) is 0. The molecule has 0 N–H and O–H groups in total. The van der Waals surface area contributed by atoms with E-state index in [2.05, 4.69) is 52.0 Å². The van der Waals surface area contributed by atoms with Crippen molar-refractivity contribution in [2.24, 2.45) is 0 Å². The van der Waals surface area contributed by atoms with Gasteiger partial charge in [0, 0.05) is 0 Å². The minimum atomic E-state index is 0.175. The van der Waals surface area contributed by atoms with Crippen molar-refractivity contribution in [2.75, 3.05) is 0 Å². The highest BCUT2D eigenvalue weighted by molar-refractivity contribution is 6.20. The van der Waals surface area contributed by atoms with Crippen molar-refractivity contribution >= 4 is 11.6 Å². The smallest absolute Gasteiger partial charge is 0.0585 e. The Morgan fingerprint density at radius 3 is 2.12 bits per heavy atom. The maximum atomic E-state index is 6.35. The van der Waals surface area contributed by atoms with Gasteiger partial charge in [0.25, 0.3) is 0 Å². The van der Waals surface area contributed by atoms with E-state index in [1.807, 2.05) is 0 Å². The van der Waals surface area contributed by atoms with Crippen LogP contribution in [0, 0.1) is 0 Å².